The molecule has 0 aromatic heterocycles. The first-order valence-electron chi connectivity index (χ1n) is 5.95. The third kappa shape index (κ3) is 5.91. The van der Waals surface area contributed by atoms with Gasteiger partial charge in [0.15, 0.2) is 5.96 Å². The predicted octanol–water partition coefficient (Wildman–Crippen LogP) is 2.60. The highest BCUT2D eigenvalue weighted by Gasteiger charge is 2.27. The molecule has 0 heterocycles. The van der Waals surface area contributed by atoms with E-state index in [9.17, 15) is 0 Å². The smallest absolute Gasteiger partial charge is 0.191 e. The standard InChI is InChI=1S/C12H19ClN4.HI/c1-3-15-12(16-8-9(2)13)17-11-6-4-5-10(11)7-14;/h10-11H,2-6,8H2,1H3,(H2,15,16,17);1H. The molecule has 0 aromatic rings. The molecular formula is C12H20ClIN4. The van der Waals surface area contributed by atoms with Crippen LogP contribution in [-0.2, 0) is 0 Å². The lowest BCUT2D eigenvalue weighted by Crippen LogP contribution is -2.44. The molecule has 1 fully saturated rings. The first kappa shape index (κ1) is 17.5. The molecular weight excluding hydrogens is 363 g/mol. The Kier molecular flexibility index (Phi) is 9.20. The van der Waals surface area contributed by atoms with Gasteiger partial charge < -0.3 is 10.6 Å². The summed E-state index contributed by atoms with van der Waals surface area (Å²) in [6.07, 6.45) is 3.08. The number of aliphatic imine (C=N–C) groups is 1. The first-order valence-corrected chi connectivity index (χ1v) is 6.33. The molecule has 0 spiro atoms. The Morgan fingerprint density at radius 1 is 1.56 bits per heavy atom. The third-order valence-electron chi connectivity index (χ3n) is 2.76. The highest BCUT2D eigenvalue weighted by atomic mass is 127. The fourth-order valence-electron chi connectivity index (χ4n) is 1.95. The molecule has 0 bridgehead atoms. The van der Waals surface area contributed by atoms with E-state index in [2.05, 4.69) is 28.3 Å². The number of nitrogens with zero attached hydrogens (tertiary/aromatic N) is 2. The first-order chi connectivity index (χ1) is 8.17. The van der Waals surface area contributed by atoms with Crippen LogP contribution in [0.3, 0.4) is 0 Å². The molecule has 6 heteroatoms. The normalized spacial score (nSPS) is 22.8. The molecule has 1 rings (SSSR count). The van der Waals surface area contributed by atoms with Crippen molar-refractivity contribution in [2.45, 2.75) is 32.2 Å². The van der Waals surface area contributed by atoms with Gasteiger partial charge in [-0.3, -0.25) is 0 Å². The Morgan fingerprint density at radius 3 is 2.83 bits per heavy atom. The van der Waals surface area contributed by atoms with Crippen LogP contribution in [0, 0.1) is 17.2 Å². The second-order valence-corrected chi connectivity index (χ2v) is 4.66. The van der Waals surface area contributed by atoms with Gasteiger partial charge in [0.25, 0.3) is 0 Å². The Labute approximate surface area is 131 Å². The van der Waals surface area contributed by atoms with Gasteiger partial charge in [-0.1, -0.05) is 18.2 Å². The van der Waals surface area contributed by atoms with E-state index in [-0.39, 0.29) is 35.9 Å². The predicted molar refractivity (Wildman–Crippen MR) is 86.3 cm³/mol. The number of guanidine groups is 1. The van der Waals surface area contributed by atoms with Gasteiger partial charge in [-0.25, -0.2) is 4.99 Å². The van der Waals surface area contributed by atoms with E-state index < -0.39 is 0 Å². The van der Waals surface area contributed by atoms with Crippen molar-refractivity contribution in [2.24, 2.45) is 10.9 Å². The molecule has 0 saturated heterocycles. The van der Waals surface area contributed by atoms with Crippen LogP contribution in [0.1, 0.15) is 26.2 Å². The molecule has 0 amide bonds. The van der Waals surface area contributed by atoms with Crippen LogP contribution in [0.5, 0.6) is 0 Å². The molecule has 1 aliphatic rings. The van der Waals surface area contributed by atoms with Crippen molar-refractivity contribution in [3.63, 3.8) is 0 Å². The van der Waals surface area contributed by atoms with E-state index in [1.165, 1.54) is 0 Å². The second kappa shape index (κ2) is 9.45. The van der Waals surface area contributed by atoms with E-state index in [0.717, 1.165) is 25.8 Å². The number of halogens is 2. The zero-order chi connectivity index (χ0) is 12.7. The van der Waals surface area contributed by atoms with E-state index in [0.29, 0.717) is 17.5 Å². The molecule has 18 heavy (non-hydrogen) atoms. The Morgan fingerprint density at radius 2 is 2.28 bits per heavy atom. The average Bonchev–Trinajstić information content (AvgIpc) is 2.73. The maximum atomic E-state index is 9.01. The van der Waals surface area contributed by atoms with Gasteiger partial charge in [-0.05, 0) is 26.2 Å². The summed E-state index contributed by atoms with van der Waals surface area (Å²) in [4.78, 5) is 4.30. The molecule has 2 N–H and O–H groups in total. The minimum absolute atomic E-state index is 0. The van der Waals surface area contributed by atoms with Crippen molar-refractivity contribution in [3.05, 3.63) is 11.6 Å². The van der Waals surface area contributed by atoms with Gasteiger partial charge in [0.05, 0.1) is 18.5 Å². The molecule has 102 valence electrons. The fraction of sp³-hybridized carbons (Fsp3) is 0.667. The van der Waals surface area contributed by atoms with Crippen LogP contribution in [0.4, 0.5) is 0 Å². The molecule has 0 aromatic carbocycles. The molecule has 1 saturated carbocycles. The summed E-state index contributed by atoms with van der Waals surface area (Å²) in [5.41, 5.74) is 0. The highest BCUT2D eigenvalue weighted by Crippen LogP contribution is 2.24. The SMILES string of the molecule is C=C(Cl)CN=C(NCC)NC1CCCC1C#N.I. The topological polar surface area (TPSA) is 60.2 Å². The van der Waals surface area contributed by atoms with Gasteiger partial charge >= 0.3 is 0 Å². The van der Waals surface area contributed by atoms with Crippen LogP contribution in [0.15, 0.2) is 16.6 Å². The number of hydrogen-bond donors (Lipinski definition) is 2. The van der Waals surface area contributed by atoms with Crippen LogP contribution in [-0.4, -0.2) is 25.1 Å². The quantitative estimate of drug-likeness (QED) is 0.446. The zero-order valence-corrected chi connectivity index (χ0v) is 13.7. The average molecular weight is 383 g/mol. The van der Waals surface area contributed by atoms with Crippen molar-refractivity contribution in [3.8, 4) is 6.07 Å². The Bertz CT molecular complexity index is 337. The summed E-state index contributed by atoms with van der Waals surface area (Å²) in [6, 6.07) is 2.53. The Balaban J connectivity index is 0.00000289. The second-order valence-electron chi connectivity index (χ2n) is 4.13. The van der Waals surface area contributed by atoms with Crippen molar-refractivity contribution in [1.82, 2.24) is 10.6 Å². The van der Waals surface area contributed by atoms with E-state index in [1.807, 2.05) is 6.92 Å². The van der Waals surface area contributed by atoms with Crippen LogP contribution >= 0.6 is 35.6 Å². The zero-order valence-electron chi connectivity index (χ0n) is 10.6. The maximum Gasteiger partial charge on any atom is 0.191 e. The summed E-state index contributed by atoms with van der Waals surface area (Å²) in [5.74, 6) is 0.791. The van der Waals surface area contributed by atoms with Gasteiger partial charge in [0.1, 0.15) is 0 Å². The monoisotopic (exact) mass is 382 g/mol. The van der Waals surface area contributed by atoms with Crippen molar-refractivity contribution >= 4 is 41.5 Å². The highest BCUT2D eigenvalue weighted by molar-refractivity contribution is 14.0. The van der Waals surface area contributed by atoms with Crippen LogP contribution in [0.25, 0.3) is 0 Å². The summed E-state index contributed by atoms with van der Waals surface area (Å²) < 4.78 is 0. The summed E-state index contributed by atoms with van der Waals surface area (Å²) in [6.45, 7) is 6.78. The van der Waals surface area contributed by atoms with Crippen molar-refractivity contribution in [1.29, 1.82) is 5.26 Å². The molecule has 2 atom stereocenters. The van der Waals surface area contributed by atoms with Gasteiger partial charge in [0, 0.05) is 17.6 Å². The number of rotatable bonds is 4. The molecule has 0 aliphatic heterocycles. The largest absolute Gasteiger partial charge is 0.357 e. The number of nitrogens with one attached hydrogen (secondary N) is 2. The van der Waals surface area contributed by atoms with Crippen LogP contribution in [0.2, 0.25) is 0 Å². The van der Waals surface area contributed by atoms with Gasteiger partial charge in [-0.2, -0.15) is 5.26 Å². The molecule has 1 aliphatic carbocycles. The lowest BCUT2D eigenvalue weighted by molar-refractivity contribution is 0.533. The third-order valence-corrected chi connectivity index (χ3v) is 2.88. The molecule has 2 unspecified atom stereocenters. The fourth-order valence-corrected chi connectivity index (χ4v) is 2.01. The van der Waals surface area contributed by atoms with E-state index >= 15 is 0 Å². The molecule has 4 nitrogen and oxygen atoms in total. The number of hydrogen-bond acceptors (Lipinski definition) is 2. The summed E-state index contributed by atoms with van der Waals surface area (Å²) >= 11 is 5.69. The van der Waals surface area contributed by atoms with Crippen molar-refractivity contribution < 1.29 is 0 Å². The van der Waals surface area contributed by atoms with Gasteiger partial charge in [0.2, 0.25) is 0 Å². The van der Waals surface area contributed by atoms with Gasteiger partial charge in [-0.15, -0.1) is 24.0 Å². The van der Waals surface area contributed by atoms with Crippen molar-refractivity contribution in [2.75, 3.05) is 13.1 Å². The minimum Gasteiger partial charge on any atom is -0.357 e. The lowest BCUT2D eigenvalue weighted by atomic mass is 10.1. The van der Waals surface area contributed by atoms with Crippen LogP contribution < -0.4 is 10.6 Å². The number of nitriles is 1. The maximum absolute atomic E-state index is 9.01. The molecule has 0 radical (unpaired) electrons. The van der Waals surface area contributed by atoms with E-state index in [1.54, 1.807) is 0 Å². The Hall–Kier alpha value is -0.480. The van der Waals surface area contributed by atoms with E-state index in [4.69, 9.17) is 16.9 Å². The minimum atomic E-state index is 0. The summed E-state index contributed by atoms with van der Waals surface area (Å²) in [5, 5.41) is 15.9. The lowest BCUT2D eigenvalue weighted by Gasteiger charge is -2.19. The summed E-state index contributed by atoms with van der Waals surface area (Å²) in [7, 11) is 0.